The average Bonchev–Trinajstić information content (AvgIpc) is 2.71. The summed E-state index contributed by atoms with van der Waals surface area (Å²) in [6.07, 6.45) is 0.265. The standard InChI is InChI=1S/C21H31N3O6/c1-23(2)20(26)10-17-7-8-18-19(30-17)13-29-12-15(25)11-24(18)21(27)22-14-5-4-6-16(9-14)28-3/h4-6,9,15,17-19,25H,7-8,10-13H2,1-3H3,(H,22,27)/t15-,17+,18-,19+/m0/s1. The Bertz CT molecular complexity index is 743. The molecule has 1 aromatic rings. The van der Waals surface area contributed by atoms with Crippen molar-refractivity contribution in [3.8, 4) is 5.75 Å². The number of methoxy groups -OCH3 is 1. The number of carbonyl (C=O) groups is 2. The summed E-state index contributed by atoms with van der Waals surface area (Å²) in [5.74, 6) is 0.648. The summed E-state index contributed by atoms with van der Waals surface area (Å²) in [5.41, 5.74) is 0.606. The number of aliphatic hydroxyl groups excluding tert-OH is 1. The summed E-state index contributed by atoms with van der Waals surface area (Å²) in [5, 5.41) is 13.1. The quantitative estimate of drug-likeness (QED) is 0.761. The maximum atomic E-state index is 13.1. The van der Waals surface area contributed by atoms with Gasteiger partial charge in [-0.1, -0.05) is 6.07 Å². The highest BCUT2D eigenvalue weighted by atomic mass is 16.5. The fraction of sp³-hybridized carbons (Fsp3) is 0.619. The lowest BCUT2D eigenvalue weighted by Gasteiger charge is -2.44. The Hall–Kier alpha value is -2.36. The minimum Gasteiger partial charge on any atom is -0.497 e. The van der Waals surface area contributed by atoms with E-state index < -0.39 is 6.10 Å². The lowest BCUT2D eigenvalue weighted by atomic mass is 9.95. The highest BCUT2D eigenvalue weighted by molar-refractivity contribution is 5.89. The van der Waals surface area contributed by atoms with Crippen LogP contribution in [-0.4, -0.2) is 92.2 Å². The number of fused-ring (bicyclic) bond motifs is 1. The lowest BCUT2D eigenvalue weighted by molar-refractivity contribution is -0.153. The maximum Gasteiger partial charge on any atom is 0.322 e. The monoisotopic (exact) mass is 421 g/mol. The molecule has 0 unspecified atom stereocenters. The van der Waals surface area contributed by atoms with Crippen molar-refractivity contribution >= 4 is 17.6 Å². The van der Waals surface area contributed by atoms with E-state index in [1.807, 2.05) is 0 Å². The Morgan fingerprint density at radius 1 is 1.30 bits per heavy atom. The van der Waals surface area contributed by atoms with E-state index in [4.69, 9.17) is 14.2 Å². The highest BCUT2D eigenvalue weighted by Crippen LogP contribution is 2.28. The number of β-amino-alcohol motifs (C(OH)–C–C–N with tert-alkyl or cyclic N) is 1. The molecule has 2 saturated heterocycles. The number of hydrogen-bond acceptors (Lipinski definition) is 6. The Morgan fingerprint density at radius 2 is 2.10 bits per heavy atom. The molecule has 9 heteroatoms. The number of benzene rings is 1. The first-order valence-electron chi connectivity index (χ1n) is 10.2. The van der Waals surface area contributed by atoms with E-state index in [2.05, 4.69) is 5.32 Å². The zero-order valence-corrected chi connectivity index (χ0v) is 17.7. The van der Waals surface area contributed by atoms with Crippen molar-refractivity contribution in [2.45, 2.75) is 43.6 Å². The molecule has 30 heavy (non-hydrogen) atoms. The molecule has 2 aliphatic rings. The van der Waals surface area contributed by atoms with Gasteiger partial charge in [0, 0.05) is 25.8 Å². The number of urea groups is 1. The number of rotatable bonds is 4. The van der Waals surface area contributed by atoms with E-state index in [9.17, 15) is 14.7 Å². The fourth-order valence-electron chi connectivity index (χ4n) is 3.85. The van der Waals surface area contributed by atoms with Crippen molar-refractivity contribution in [3.63, 3.8) is 0 Å². The number of amides is 3. The Kier molecular flexibility index (Phi) is 7.52. The SMILES string of the molecule is COc1cccc(NC(=O)N2C[C@H](O)COC[C@H]3O[C@@H](CC(=O)N(C)C)CC[C@@H]32)c1. The van der Waals surface area contributed by atoms with Crippen molar-refractivity contribution in [2.75, 3.05) is 46.3 Å². The molecule has 4 atom stereocenters. The molecule has 166 valence electrons. The van der Waals surface area contributed by atoms with Gasteiger partial charge in [-0.25, -0.2) is 4.79 Å². The van der Waals surface area contributed by atoms with Gasteiger partial charge < -0.3 is 34.4 Å². The van der Waals surface area contributed by atoms with Gasteiger partial charge in [0.15, 0.2) is 0 Å². The summed E-state index contributed by atoms with van der Waals surface area (Å²) in [6, 6.07) is 6.54. The normalized spacial score (nSPS) is 26.7. The second-order valence-electron chi connectivity index (χ2n) is 7.94. The van der Waals surface area contributed by atoms with Crippen molar-refractivity contribution in [3.05, 3.63) is 24.3 Å². The van der Waals surface area contributed by atoms with E-state index in [0.29, 0.717) is 30.7 Å². The smallest absolute Gasteiger partial charge is 0.322 e. The highest BCUT2D eigenvalue weighted by Gasteiger charge is 2.40. The van der Waals surface area contributed by atoms with Crippen molar-refractivity contribution in [1.29, 1.82) is 0 Å². The molecule has 2 N–H and O–H groups in total. The van der Waals surface area contributed by atoms with Crippen molar-refractivity contribution < 1.29 is 28.9 Å². The second-order valence-corrected chi connectivity index (χ2v) is 7.94. The molecular weight excluding hydrogens is 390 g/mol. The van der Waals surface area contributed by atoms with Crippen LogP contribution in [0.4, 0.5) is 10.5 Å². The molecule has 3 amide bonds. The molecule has 0 saturated carbocycles. The van der Waals surface area contributed by atoms with Gasteiger partial charge in [-0.05, 0) is 25.0 Å². The first-order chi connectivity index (χ1) is 14.4. The largest absolute Gasteiger partial charge is 0.497 e. The average molecular weight is 421 g/mol. The molecule has 0 aromatic heterocycles. The summed E-state index contributed by atoms with van der Waals surface area (Å²) in [6.45, 7) is 0.524. The number of nitrogens with zero attached hydrogens (tertiary/aromatic N) is 2. The van der Waals surface area contributed by atoms with E-state index >= 15 is 0 Å². The van der Waals surface area contributed by atoms with Crippen LogP contribution in [0.1, 0.15) is 19.3 Å². The number of aliphatic hydroxyl groups is 1. The van der Waals surface area contributed by atoms with Crippen LogP contribution < -0.4 is 10.1 Å². The first-order valence-corrected chi connectivity index (χ1v) is 10.2. The summed E-state index contributed by atoms with van der Waals surface area (Å²) < 4.78 is 17.0. The van der Waals surface area contributed by atoms with Crippen LogP contribution in [0, 0.1) is 0 Å². The van der Waals surface area contributed by atoms with Gasteiger partial charge in [0.05, 0.1) is 51.5 Å². The van der Waals surface area contributed by atoms with E-state index in [1.54, 1.807) is 55.3 Å². The predicted octanol–water partition coefficient (Wildman–Crippen LogP) is 1.31. The van der Waals surface area contributed by atoms with Crippen LogP contribution in [0.25, 0.3) is 0 Å². The van der Waals surface area contributed by atoms with E-state index in [0.717, 1.165) is 0 Å². The predicted molar refractivity (Wildman–Crippen MR) is 111 cm³/mol. The van der Waals surface area contributed by atoms with E-state index in [1.165, 1.54) is 0 Å². The van der Waals surface area contributed by atoms with Crippen LogP contribution in [0.2, 0.25) is 0 Å². The van der Waals surface area contributed by atoms with Crippen LogP contribution in [0.15, 0.2) is 24.3 Å². The summed E-state index contributed by atoms with van der Waals surface area (Å²) >= 11 is 0. The van der Waals surface area contributed by atoms with Gasteiger partial charge in [-0.15, -0.1) is 0 Å². The van der Waals surface area contributed by atoms with Crippen LogP contribution in [0.5, 0.6) is 5.75 Å². The minimum atomic E-state index is -0.782. The fourth-order valence-corrected chi connectivity index (χ4v) is 3.85. The van der Waals surface area contributed by atoms with Gasteiger partial charge in [0.1, 0.15) is 11.9 Å². The molecule has 3 rings (SSSR count). The third-order valence-corrected chi connectivity index (χ3v) is 5.46. The van der Waals surface area contributed by atoms with Crippen LogP contribution in [0.3, 0.4) is 0 Å². The third-order valence-electron chi connectivity index (χ3n) is 5.46. The number of nitrogens with one attached hydrogen (secondary N) is 1. The van der Waals surface area contributed by atoms with Crippen molar-refractivity contribution in [2.24, 2.45) is 0 Å². The van der Waals surface area contributed by atoms with Crippen LogP contribution in [-0.2, 0) is 14.3 Å². The van der Waals surface area contributed by atoms with E-state index in [-0.39, 0.29) is 49.9 Å². The zero-order chi connectivity index (χ0) is 21.7. The Labute approximate surface area is 176 Å². The molecule has 9 nitrogen and oxygen atoms in total. The molecular formula is C21H31N3O6. The molecule has 0 radical (unpaired) electrons. The van der Waals surface area contributed by atoms with Gasteiger partial charge in [0.25, 0.3) is 0 Å². The molecule has 1 aromatic carbocycles. The minimum absolute atomic E-state index is 0.00765. The third kappa shape index (κ3) is 5.62. The van der Waals surface area contributed by atoms with Crippen LogP contribution >= 0.6 is 0 Å². The number of ether oxygens (including phenoxy) is 3. The summed E-state index contributed by atoms with van der Waals surface area (Å²) in [7, 11) is 5.01. The molecule has 2 heterocycles. The zero-order valence-electron chi connectivity index (χ0n) is 17.7. The first kappa shape index (κ1) is 22.3. The van der Waals surface area contributed by atoms with Gasteiger partial charge in [0.2, 0.25) is 5.91 Å². The van der Waals surface area contributed by atoms with Gasteiger partial charge in [-0.2, -0.15) is 0 Å². The summed E-state index contributed by atoms with van der Waals surface area (Å²) in [4.78, 5) is 28.3. The molecule has 0 spiro atoms. The number of anilines is 1. The van der Waals surface area contributed by atoms with Gasteiger partial charge in [-0.3, -0.25) is 4.79 Å². The molecule has 2 aliphatic heterocycles. The topological polar surface area (TPSA) is 101 Å². The second kappa shape index (κ2) is 10.1. The number of carbonyl (C=O) groups excluding carboxylic acids is 2. The van der Waals surface area contributed by atoms with Gasteiger partial charge >= 0.3 is 6.03 Å². The molecule has 0 bridgehead atoms. The maximum absolute atomic E-state index is 13.1. The molecule has 0 aliphatic carbocycles. The molecule has 2 fully saturated rings. The van der Waals surface area contributed by atoms with Crippen molar-refractivity contribution in [1.82, 2.24) is 9.80 Å². The number of hydrogen-bond donors (Lipinski definition) is 2. The lowest BCUT2D eigenvalue weighted by Crippen LogP contribution is -2.58. The Balaban J connectivity index is 1.71. The Morgan fingerprint density at radius 3 is 2.83 bits per heavy atom.